The van der Waals surface area contributed by atoms with Crippen LogP contribution in [0.5, 0.6) is 5.75 Å². The van der Waals surface area contributed by atoms with E-state index in [1.54, 1.807) is 23.8 Å². The zero-order chi connectivity index (χ0) is 14.6. The summed E-state index contributed by atoms with van der Waals surface area (Å²) < 4.78 is 5.52. The van der Waals surface area contributed by atoms with Crippen molar-refractivity contribution in [2.75, 3.05) is 20.7 Å². The fourth-order valence-electron chi connectivity index (χ4n) is 5.18. The van der Waals surface area contributed by atoms with Crippen molar-refractivity contribution in [2.45, 2.75) is 44.1 Å². The molecular formula is C19H25NO. The van der Waals surface area contributed by atoms with Crippen LogP contribution in [0.15, 0.2) is 29.8 Å². The lowest BCUT2D eigenvalue weighted by atomic mass is 9.53. The number of hydrogen-bond acceptors (Lipinski definition) is 2. The van der Waals surface area contributed by atoms with Gasteiger partial charge in [-0.25, -0.2) is 0 Å². The lowest BCUT2D eigenvalue weighted by Gasteiger charge is -2.58. The van der Waals surface area contributed by atoms with Crippen molar-refractivity contribution in [1.29, 1.82) is 0 Å². The topological polar surface area (TPSA) is 12.5 Å². The molecule has 1 aromatic rings. The number of rotatable bonds is 1. The number of allylic oxidation sites excluding steroid dienone is 2. The normalized spacial score (nSPS) is 34.7. The minimum Gasteiger partial charge on any atom is -0.497 e. The second-order valence-electron chi connectivity index (χ2n) is 7.25. The molecule has 4 rings (SSSR count). The third-order valence-corrected chi connectivity index (χ3v) is 6.25. The number of hydrogen-bond donors (Lipinski definition) is 0. The van der Waals surface area contributed by atoms with Gasteiger partial charge < -0.3 is 9.64 Å². The summed E-state index contributed by atoms with van der Waals surface area (Å²) in [5, 5.41) is 0. The summed E-state index contributed by atoms with van der Waals surface area (Å²) in [6, 6.07) is 7.50. The van der Waals surface area contributed by atoms with Gasteiger partial charge in [0.2, 0.25) is 0 Å². The van der Waals surface area contributed by atoms with Gasteiger partial charge in [0.1, 0.15) is 5.75 Å². The second-order valence-corrected chi connectivity index (χ2v) is 7.25. The summed E-state index contributed by atoms with van der Waals surface area (Å²) >= 11 is 0. The average Bonchev–Trinajstić information content (AvgIpc) is 2.50. The fraction of sp³-hybridized carbons (Fsp3) is 0.579. The number of nitrogens with zero attached hydrogens (tertiary/aromatic N) is 1. The molecule has 2 aliphatic carbocycles. The molecule has 112 valence electrons. The Kier molecular flexibility index (Phi) is 2.94. The van der Waals surface area contributed by atoms with Crippen molar-refractivity contribution in [2.24, 2.45) is 5.92 Å². The van der Waals surface area contributed by atoms with Crippen LogP contribution < -0.4 is 4.74 Å². The highest BCUT2D eigenvalue weighted by atomic mass is 16.5. The molecule has 1 aliphatic heterocycles. The highest BCUT2D eigenvalue weighted by molar-refractivity contribution is 5.47. The first-order chi connectivity index (χ1) is 10.1. The van der Waals surface area contributed by atoms with Gasteiger partial charge in [-0.3, -0.25) is 0 Å². The predicted octanol–water partition coefficient (Wildman–Crippen LogP) is 3.55. The Morgan fingerprint density at radius 2 is 2.19 bits per heavy atom. The zero-order valence-corrected chi connectivity index (χ0v) is 13.4. The van der Waals surface area contributed by atoms with Crippen LogP contribution in [0.25, 0.3) is 0 Å². The van der Waals surface area contributed by atoms with Gasteiger partial charge >= 0.3 is 0 Å². The fourth-order valence-corrected chi connectivity index (χ4v) is 5.18. The van der Waals surface area contributed by atoms with E-state index < -0.39 is 0 Å². The number of benzene rings is 1. The summed E-state index contributed by atoms with van der Waals surface area (Å²) in [5.41, 5.74) is 5.07. The summed E-state index contributed by atoms with van der Waals surface area (Å²) in [7, 11) is 4.09. The second kappa shape index (κ2) is 4.61. The predicted molar refractivity (Wildman–Crippen MR) is 85.9 cm³/mol. The quantitative estimate of drug-likeness (QED) is 0.731. The van der Waals surface area contributed by atoms with Crippen LogP contribution in [0, 0.1) is 5.92 Å². The zero-order valence-electron chi connectivity index (χ0n) is 13.4. The van der Waals surface area contributed by atoms with Gasteiger partial charge in [0.15, 0.2) is 0 Å². The number of piperidine rings is 1. The molecule has 3 aliphatic rings. The highest BCUT2D eigenvalue weighted by Gasteiger charge is 2.53. The van der Waals surface area contributed by atoms with Crippen LogP contribution >= 0.6 is 0 Å². The average molecular weight is 283 g/mol. The molecule has 0 aromatic heterocycles. The molecule has 1 aromatic carbocycles. The lowest BCUT2D eigenvalue weighted by Crippen LogP contribution is -2.59. The lowest BCUT2D eigenvalue weighted by molar-refractivity contribution is 0.0268. The van der Waals surface area contributed by atoms with E-state index in [1.165, 1.54) is 32.2 Å². The van der Waals surface area contributed by atoms with Crippen molar-refractivity contribution in [3.8, 4) is 5.75 Å². The van der Waals surface area contributed by atoms with E-state index >= 15 is 0 Å². The molecule has 3 atom stereocenters. The molecule has 1 saturated heterocycles. The van der Waals surface area contributed by atoms with Gasteiger partial charge in [-0.1, -0.05) is 17.7 Å². The van der Waals surface area contributed by atoms with Crippen molar-refractivity contribution in [1.82, 2.24) is 4.90 Å². The van der Waals surface area contributed by atoms with E-state index in [-0.39, 0.29) is 0 Å². The summed E-state index contributed by atoms with van der Waals surface area (Å²) in [6.07, 6.45) is 7.46. The molecule has 1 fully saturated rings. The summed E-state index contributed by atoms with van der Waals surface area (Å²) in [5.74, 6) is 1.80. The van der Waals surface area contributed by atoms with Crippen molar-refractivity contribution < 1.29 is 4.74 Å². The van der Waals surface area contributed by atoms with Gasteiger partial charge in [0.05, 0.1) is 7.11 Å². The third kappa shape index (κ3) is 1.81. The molecule has 0 amide bonds. The van der Waals surface area contributed by atoms with Gasteiger partial charge in [-0.15, -0.1) is 0 Å². The Hall–Kier alpha value is -1.28. The highest BCUT2D eigenvalue weighted by Crippen LogP contribution is 2.55. The first-order valence-corrected chi connectivity index (χ1v) is 8.17. The molecule has 0 unspecified atom stereocenters. The van der Waals surface area contributed by atoms with E-state index in [0.717, 1.165) is 11.7 Å². The summed E-state index contributed by atoms with van der Waals surface area (Å²) in [6.45, 7) is 3.54. The smallest absolute Gasteiger partial charge is 0.119 e. The Labute approximate surface area is 127 Å². The molecule has 2 bridgehead atoms. The number of methoxy groups -OCH3 is 1. The van der Waals surface area contributed by atoms with Crippen molar-refractivity contribution >= 4 is 0 Å². The van der Waals surface area contributed by atoms with Crippen LogP contribution in [0.3, 0.4) is 0 Å². The molecule has 21 heavy (non-hydrogen) atoms. The Morgan fingerprint density at radius 3 is 3.00 bits per heavy atom. The number of likely N-dealkylation sites (tertiary alicyclic amines) is 1. The van der Waals surface area contributed by atoms with Crippen LogP contribution in [0.4, 0.5) is 0 Å². The molecule has 0 spiro atoms. The minimum absolute atomic E-state index is 0.359. The molecule has 2 heteroatoms. The molecule has 0 radical (unpaired) electrons. The van der Waals surface area contributed by atoms with E-state index in [1.807, 2.05) is 0 Å². The molecule has 1 heterocycles. The molecular weight excluding hydrogens is 258 g/mol. The maximum Gasteiger partial charge on any atom is 0.119 e. The van der Waals surface area contributed by atoms with Crippen molar-refractivity contribution in [3.63, 3.8) is 0 Å². The SMILES string of the molecule is COc1ccc2c(c1)[C@]13CCN(C)[C@H](C2)[C@@H]1CC=C(C)C3. The van der Waals surface area contributed by atoms with Gasteiger partial charge in [-0.2, -0.15) is 0 Å². The molecule has 0 saturated carbocycles. The number of likely N-dealkylation sites (N-methyl/N-ethyl adjacent to an activating group) is 1. The molecule has 0 N–H and O–H groups in total. The van der Waals surface area contributed by atoms with E-state index in [2.05, 4.69) is 43.1 Å². The standard InChI is InChI=1S/C19H25NO/c1-13-4-7-16-18-10-14-5-6-15(21-3)11-17(14)19(16,12-13)8-9-20(18)2/h4-6,11,16,18H,7-10,12H2,1-3H3/t16-,18+,19-/m0/s1. The minimum atomic E-state index is 0.359. The van der Waals surface area contributed by atoms with Crippen molar-refractivity contribution in [3.05, 3.63) is 41.0 Å². The number of ether oxygens (including phenoxy) is 1. The van der Waals surface area contributed by atoms with Crippen LogP contribution in [0.2, 0.25) is 0 Å². The van der Waals surface area contributed by atoms with Gasteiger partial charge in [-0.05, 0) is 75.4 Å². The Bertz CT molecular complexity index is 606. The maximum atomic E-state index is 5.52. The molecule has 2 nitrogen and oxygen atoms in total. The monoisotopic (exact) mass is 283 g/mol. The van der Waals surface area contributed by atoms with Gasteiger partial charge in [0, 0.05) is 11.5 Å². The van der Waals surface area contributed by atoms with Gasteiger partial charge in [0.25, 0.3) is 0 Å². The van der Waals surface area contributed by atoms with E-state index in [0.29, 0.717) is 11.5 Å². The maximum absolute atomic E-state index is 5.52. The Morgan fingerprint density at radius 1 is 1.33 bits per heavy atom. The van der Waals surface area contributed by atoms with E-state index in [4.69, 9.17) is 4.74 Å². The first kappa shape index (κ1) is 13.4. The van der Waals surface area contributed by atoms with Crippen LogP contribution in [-0.2, 0) is 11.8 Å². The van der Waals surface area contributed by atoms with Crippen LogP contribution in [0.1, 0.15) is 37.3 Å². The van der Waals surface area contributed by atoms with Crippen LogP contribution in [-0.4, -0.2) is 31.6 Å². The largest absolute Gasteiger partial charge is 0.497 e. The summed E-state index contributed by atoms with van der Waals surface area (Å²) in [4.78, 5) is 2.60. The first-order valence-electron chi connectivity index (χ1n) is 8.17. The third-order valence-electron chi connectivity index (χ3n) is 6.25. The van der Waals surface area contributed by atoms with E-state index in [9.17, 15) is 0 Å². The number of fused-ring (bicyclic) bond motifs is 1. The Balaban J connectivity index is 1.91.